The Kier molecular flexibility index (Phi) is 2.47. The highest BCUT2D eigenvalue weighted by Crippen LogP contribution is 2.32. The van der Waals surface area contributed by atoms with Gasteiger partial charge in [-0.3, -0.25) is 0 Å². The highest BCUT2D eigenvalue weighted by molar-refractivity contribution is 7.13. The Morgan fingerprint density at radius 1 is 1.31 bits per heavy atom. The molecule has 68 valence electrons. The highest BCUT2D eigenvalue weighted by atomic mass is 32.1. The van der Waals surface area contributed by atoms with Crippen molar-refractivity contribution in [1.82, 2.24) is 0 Å². The molecular formula is C10H10O2S. The van der Waals surface area contributed by atoms with E-state index >= 15 is 0 Å². The largest absolute Gasteiger partial charge is 0.326 e. The molecule has 3 heteroatoms. The molecule has 0 radical (unpaired) electrons. The summed E-state index contributed by atoms with van der Waals surface area (Å²) in [6, 6.07) is 8.10. The first-order valence-corrected chi connectivity index (χ1v) is 5.05. The van der Waals surface area contributed by atoms with Gasteiger partial charge in [-0.1, -0.05) is 18.2 Å². The van der Waals surface area contributed by atoms with Gasteiger partial charge in [-0.2, -0.15) is 4.89 Å². The molecule has 0 aliphatic carbocycles. The maximum atomic E-state index is 5.13. The molecule has 0 spiro atoms. The molecule has 0 amide bonds. The monoisotopic (exact) mass is 194 g/mol. The van der Waals surface area contributed by atoms with Crippen molar-refractivity contribution in [3.8, 4) is 5.06 Å². The molecule has 0 atom stereocenters. The fraction of sp³-hybridized carbons (Fsp3) is 0.200. The number of benzene rings is 1. The molecule has 13 heavy (non-hydrogen) atoms. The molecule has 2 nitrogen and oxygen atoms in total. The van der Waals surface area contributed by atoms with E-state index in [-0.39, 0.29) is 0 Å². The molecule has 1 aromatic heterocycles. The smallest absolute Gasteiger partial charge is 0.226 e. The van der Waals surface area contributed by atoms with Crippen molar-refractivity contribution in [2.45, 2.75) is 6.92 Å². The van der Waals surface area contributed by atoms with Gasteiger partial charge in [0.25, 0.3) is 0 Å². The Balaban J connectivity index is 2.35. The average molecular weight is 194 g/mol. The summed E-state index contributed by atoms with van der Waals surface area (Å²) in [5.41, 5.74) is 0. The summed E-state index contributed by atoms with van der Waals surface area (Å²) in [7, 11) is 0. The predicted octanol–water partition coefficient (Wildman–Crippen LogP) is 3.23. The molecule has 0 aliphatic rings. The first-order valence-electron chi connectivity index (χ1n) is 4.17. The molecule has 0 saturated carbocycles. The second kappa shape index (κ2) is 3.77. The maximum absolute atomic E-state index is 5.13. The lowest BCUT2D eigenvalue weighted by molar-refractivity contribution is -0.198. The molecule has 0 unspecified atom stereocenters. The molecular weight excluding hydrogens is 184 g/mol. The fourth-order valence-electron chi connectivity index (χ4n) is 1.14. The van der Waals surface area contributed by atoms with Crippen LogP contribution in [-0.4, -0.2) is 6.61 Å². The van der Waals surface area contributed by atoms with E-state index in [9.17, 15) is 0 Å². The van der Waals surface area contributed by atoms with Crippen LogP contribution in [0.2, 0.25) is 0 Å². The standard InChI is InChI=1S/C10H10O2S/c1-2-11-12-10-9-6-4-3-5-8(9)7-13-10/h3-7H,2H2,1H3. The molecule has 0 fully saturated rings. The van der Waals surface area contributed by atoms with Crippen LogP contribution in [0, 0.1) is 0 Å². The van der Waals surface area contributed by atoms with Crippen LogP contribution in [0.4, 0.5) is 0 Å². The topological polar surface area (TPSA) is 18.5 Å². The predicted molar refractivity (Wildman–Crippen MR) is 54.1 cm³/mol. The lowest BCUT2D eigenvalue weighted by atomic mass is 10.2. The third kappa shape index (κ3) is 1.66. The summed E-state index contributed by atoms with van der Waals surface area (Å²) in [6.45, 7) is 2.46. The van der Waals surface area contributed by atoms with Gasteiger partial charge >= 0.3 is 0 Å². The lowest BCUT2D eigenvalue weighted by Crippen LogP contribution is -1.93. The Morgan fingerprint density at radius 3 is 3.00 bits per heavy atom. The zero-order chi connectivity index (χ0) is 9.10. The van der Waals surface area contributed by atoms with Crippen molar-refractivity contribution in [2.24, 2.45) is 0 Å². The van der Waals surface area contributed by atoms with E-state index in [1.165, 1.54) is 5.39 Å². The first kappa shape index (κ1) is 8.53. The summed E-state index contributed by atoms with van der Waals surface area (Å²) < 4.78 is 0. The third-order valence-corrected chi connectivity index (χ3v) is 2.60. The zero-order valence-corrected chi connectivity index (χ0v) is 8.14. The summed E-state index contributed by atoms with van der Waals surface area (Å²) in [4.78, 5) is 10.0. The van der Waals surface area contributed by atoms with Gasteiger partial charge in [-0.05, 0) is 18.4 Å². The molecule has 1 aromatic carbocycles. The Labute approximate surface area is 80.6 Å². The zero-order valence-electron chi connectivity index (χ0n) is 7.32. The van der Waals surface area contributed by atoms with Crippen LogP contribution in [0.3, 0.4) is 0 Å². The minimum Gasteiger partial charge on any atom is -0.326 e. The van der Waals surface area contributed by atoms with Crippen molar-refractivity contribution >= 4 is 22.1 Å². The van der Waals surface area contributed by atoms with Crippen LogP contribution in [0.25, 0.3) is 10.8 Å². The SMILES string of the molecule is CCOOc1scc2ccccc12. The van der Waals surface area contributed by atoms with Crippen molar-refractivity contribution < 1.29 is 9.78 Å². The van der Waals surface area contributed by atoms with Crippen LogP contribution in [-0.2, 0) is 4.89 Å². The van der Waals surface area contributed by atoms with Gasteiger partial charge in [-0.15, -0.1) is 11.3 Å². The van der Waals surface area contributed by atoms with Crippen LogP contribution < -0.4 is 4.89 Å². The van der Waals surface area contributed by atoms with Gasteiger partial charge < -0.3 is 4.89 Å². The molecule has 0 saturated heterocycles. The molecule has 2 aromatic rings. The van der Waals surface area contributed by atoms with Crippen molar-refractivity contribution in [2.75, 3.05) is 6.61 Å². The van der Waals surface area contributed by atoms with Gasteiger partial charge in [0.1, 0.15) is 0 Å². The van der Waals surface area contributed by atoms with E-state index in [4.69, 9.17) is 9.78 Å². The normalized spacial score (nSPS) is 10.5. The Bertz CT molecular complexity index is 394. The summed E-state index contributed by atoms with van der Waals surface area (Å²) >= 11 is 1.56. The molecule has 0 aliphatic heterocycles. The van der Waals surface area contributed by atoms with E-state index in [0.717, 1.165) is 10.4 Å². The second-order valence-corrected chi connectivity index (χ2v) is 3.44. The Hall–Kier alpha value is -1.06. The summed E-state index contributed by atoms with van der Waals surface area (Å²) in [5.74, 6) is 0. The number of thiophene rings is 1. The van der Waals surface area contributed by atoms with E-state index in [1.807, 2.05) is 25.1 Å². The van der Waals surface area contributed by atoms with Gasteiger partial charge in [0.15, 0.2) is 0 Å². The highest BCUT2D eigenvalue weighted by Gasteiger charge is 2.04. The number of rotatable bonds is 3. The maximum Gasteiger partial charge on any atom is 0.226 e. The third-order valence-electron chi connectivity index (χ3n) is 1.73. The molecule has 2 rings (SSSR count). The van der Waals surface area contributed by atoms with Gasteiger partial charge in [0, 0.05) is 10.8 Å². The van der Waals surface area contributed by atoms with Crippen LogP contribution in [0.1, 0.15) is 6.92 Å². The lowest BCUT2D eigenvalue weighted by Gasteiger charge is -1.99. The van der Waals surface area contributed by atoms with E-state index in [2.05, 4.69) is 11.4 Å². The molecule has 1 heterocycles. The van der Waals surface area contributed by atoms with Crippen molar-refractivity contribution in [3.05, 3.63) is 29.6 Å². The van der Waals surface area contributed by atoms with Gasteiger partial charge in [0.2, 0.25) is 5.06 Å². The summed E-state index contributed by atoms with van der Waals surface area (Å²) in [5, 5.41) is 5.20. The minimum absolute atomic E-state index is 0.562. The van der Waals surface area contributed by atoms with Crippen LogP contribution in [0.15, 0.2) is 29.6 Å². The van der Waals surface area contributed by atoms with Gasteiger partial charge in [0.05, 0.1) is 6.61 Å². The van der Waals surface area contributed by atoms with E-state index in [1.54, 1.807) is 11.3 Å². The van der Waals surface area contributed by atoms with Crippen molar-refractivity contribution in [3.63, 3.8) is 0 Å². The number of hydrogen-bond acceptors (Lipinski definition) is 3. The van der Waals surface area contributed by atoms with E-state index < -0.39 is 0 Å². The van der Waals surface area contributed by atoms with Crippen molar-refractivity contribution in [1.29, 1.82) is 0 Å². The fourth-order valence-corrected chi connectivity index (χ4v) is 1.98. The first-order chi connectivity index (χ1) is 6.42. The number of hydrogen-bond donors (Lipinski definition) is 0. The Morgan fingerprint density at radius 2 is 2.15 bits per heavy atom. The summed E-state index contributed by atoms with van der Waals surface area (Å²) in [6.07, 6.45) is 0. The minimum atomic E-state index is 0.562. The van der Waals surface area contributed by atoms with Crippen LogP contribution in [0.5, 0.6) is 5.06 Å². The number of fused-ring (bicyclic) bond motifs is 1. The molecule has 0 N–H and O–H groups in total. The van der Waals surface area contributed by atoms with Gasteiger partial charge in [-0.25, -0.2) is 0 Å². The van der Waals surface area contributed by atoms with E-state index in [0.29, 0.717) is 6.61 Å². The average Bonchev–Trinajstić information content (AvgIpc) is 2.58. The van der Waals surface area contributed by atoms with Crippen LogP contribution >= 0.6 is 11.3 Å². The second-order valence-electron chi connectivity index (χ2n) is 2.60. The quantitative estimate of drug-likeness (QED) is 0.551. The molecule has 0 bridgehead atoms.